The smallest absolute Gasteiger partial charge is 0.221 e. The predicted molar refractivity (Wildman–Crippen MR) is 123 cm³/mol. The number of carbonyl (C=O) groups is 1. The van der Waals surface area contributed by atoms with Crippen LogP contribution in [0, 0.1) is 6.92 Å². The number of H-pyrrole nitrogens is 1. The summed E-state index contributed by atoms with van der Waals surface area (Å²) in [4.78, 5) is 23.6. The van der Waals surface area contributed by atoms with E-state index in [9.17, 15) is 9.90 Å². The van der Waals surface area contributed by atoms with E-state index in [0.717, 1.165) is 16.3 Å². The molecule has 1 aliphatic heterocycles. The molecule has 3 heterocycles. The first kappa shape index (κ1) is 21.9. The second kappa shape index (κ2) is 9.45. The molecule has 168 valence electrons. The molecule has 2 aromatic heterocycles. The number of aromatic nitrogens is 4. The average molecular weight is 456 g/mol. The van der Waals surface area contributed by atoms with Gasteiger partial charge in [-0.3, -0.25) is 9.89 Å². The van der Waals surface area contributed by atoms with Gasteiger partial charge in [-0.2, -0.15) is 5.10 Å². The lowest BCUT2D eigenvalue weighted by Crippen LogP contribution is -2.23. The lowest BCUT2D eigenvalue weighted by Gasteiger charge is -2.21. The SMILES string of the molecule is COc1c(Nc2cc(C)[nH]n2)nc(Sc2ccc(NC(C)=O)cc2)nc1N1CCC(O)C1. The first-order chi connectivity index (χ1) is 15.4. The van der Waals surface area contributed by atoms with E-state index >= 15 is 0 Å². The summed E-state index contributed by atoms with van der Waals surface area (Å²) in [5, 5.41) is 23.6. The standard InChI is InChI=1S/C21H25N7O3S/c1-12-10-17(27-26-12)23-19-18(31-3)20(28-9-8-15(30)11-28)25-21(24-19)32-16-6-4-14(5-7-16)22-13(2)29/h4-7,10,15,30H,8-9,11H2,1-3H3,(H,22,29)(H2,23,24,25,26,27). The fourth-order valence-electron chi connectivity index (χ4n) is 3.40. The topological polar surface area (TPSA) is 128 Å². The molecule has 4 rings (SSSR count). The highest BCUT2D eigenvalue weighted by atomic mass is 32.2. The summed E-state index contributed by atoms with van der Waals surface area (Å²) in [6.07, 6.45) is 0.263. The fraction of sp³-hybridized carbons (Fsp3) is 0.333. The number of rotatable bonds is 7. The third-order valence-corrected chi connectivity index (χ3v) is 5.70. The number of aromatic amines is 1. The number of hydrogen-bond donors (Lipinski definition) is 4. The maximum atomic E-state index is 11.2. The van der Waals surface area contributed by atoms with E-state index < -0.39 is 6.10 Å². The van der Waals surface area contributed by atoms with Crippen molar-refractivity contribution in [3.05, 3.63) is 36.0 Å². The number of aliphatic hydroxyl groups excluding tert-OH is 1. The maximum absolute atomic E-state index is 11.2. The number of aliphatic hydroxyl groups is 1. The van der Waals surface area contributed by atoms with Crippen molar-refractivity contribution in [1.29, 1.82) is 0 Å². The number of ether oxygens (including phenoxy) is 1. The van der Waals surface area contributed by atoms with Crippen LogP contribution in [-0.4, -0.2) is 57.5 Å². The quantitative estimate of drug-likeness (QED) is 0.397. The van der Waals surface area contributed by atoms with E-state index in [4.69, 9.17) is 9.72 Å². The molecule has 1 fully saturated rings. The second-order valence-corrected chi connectivity index (χ2v) is 8.51. The Morgan fingerprint density at radius 2 is 2.09 bits per heavy atom. The van der Waals surface area contributed by atoms with Gasteiger partial charge >= 0.3 is 0 Å². The Morgan fingerprint density at radius 1 is 1.31 bits per heavy atom. The zero-order valence-electron chi connectivity index (χ0n) is 18.0. The third kappa shape index (κ3) is 5.11. The molecule has 0 spiro atoms. The van der Waals surface area contributed by atoms with E-state index in [1.165, 1.54) is 18.7 Å². The van der Waals surface area contributed by atoms with Gasteiger partial charge in [-0.15, -0.1) is 0 Å². The average Bonchev–Trinajstić information content (AvgIpc) is 3.36. The van der Waals surface area contributed by atoms with Crippen LogP contribution in [0.2, 0.25) is 0 Å². The van der Waals surface area contributed by atoms with E-state index in [2.05, 4.69) is 25.8 Å². The first-order valence-corrected chi connectivity index (χ1v) is 11.0. The summed E-state index contributed by atoms with van der Waals surface area (Å²) in [7, 11) is 1.57. The molecular weight excluding hydrogens is 430 g/mol. The van der Waals surface area contributed by atoms with Crippen molar-refractivity contribution in [2.75, 3.05) is 35.7 Å². The Hall–Kier alpha value is -3.31. The number of benzene rings is 1. The summed E-state index contributed by atoms with van der Waals surface area (Å²) in [6, 6.07) is 9.32. The zero-order valence-corrected chi connectivity index (χ0v) is 18.9. The van der Waals surface area contributed by atoms with Gasteiger partial charge in [-0.05, 0) is 49.4 Å². The summed E-state index contributed by atoms with van der Waals surface area (Å²) < 4.78 is 5.66. The molecule has 0 aliphatic carbocycles. The highest BCUT2D eigenvalue weighted by molar-refractivity contribution is 7.99. The molecule has 1 amide bonds. The Labute approximate surface area is 189 Å². The second-order valence-electron chi connectivity index (χ2n) is 7.47. The van der Waals surface area contributed by atoms with Gasteiger partial charge < -0.3 is 25.4 Å². The van der Waals surface area contributed by atoms with E-state index in [1.807, 2.05) is 42.2 Å². The van der Waals surface area contributed by atoms with Crippen LogP contribution in [0.5, 0.6) is 5.75 Å². The van der Waals surface area contributed by atoms with Gasteiger partial charge in [0.05, 0.1) is 13.2 Å². The molecule has 4 N–H and O–H groups in total. The summed E-state index contributed by atoms with van der Waals surface area (Å²) >= 11 is 1.39. The van der Waals surface area contributed by atoms with Gasteiger partial charge in [0.15, 0.2) is 22.6 Å². The largest absolute Gasteiger partial charge is 0.490 e. The van der Waals surface area contributed by atoms with Gasteiger partial charge in [0.1, 0.15) is 0 Å². The third-order valence-electron chi connectivity index (χ3n) is 4.83. The minimum absolute atomic E-state index is 0.120. The zero-order chi connectivity index (χ0) is 22.7. The Bertz CT molecular complexity index is 1100. The molecule has 0 saturated carbocycles. The number of methoxy groups -OCH3 is 1. The molecule has 11 heteroatoms. The van der Waals surface area contributed by atoms with Crippen LogP contribution in [-0.2, 0) is 4.79 Å². The van der Waals surface area contributed by atoms with Crippen LogP contribution >= 0.6 is 11.8 Å². The van der Waals surface area contributed by atoms with Gasteiger partial charge in [0.25, 0.3) is 0 Å². The number of nitrogens with zero attached hydrogens (tertiary/aromatic N) is 4. The molecule has 1 atom stereocenters. The normalized spacial score (nSPS) is 15.6. The van der Waals surface area contributed by atoms with Crippen molar-refractivity contribution in [2.45, 2.75) is 36.4 Å². The fourth-order valence-corrected chi connectivity index (χ4v) is 4.16. The first-order valence-electron chi connectivity index (χ1n) is 10.1. The van der Waals surface area contributed by atoms with Crippen molar-refractivity contribution in [1.82, 2.24) is 20.2 Å². The van der Waals surface area contributed by atoms with Gasteiger partial charge in [-0.25, -0.2) is 9.97 Å². The van der Waals surface area contributed by atoms with Crippen LogP contribution in [0.1, 0.15) is 19.0 Å². The number of nitrogens with one attached hydrogen (secondary N) is 3. The number of β-amino-alcohol motifs (C(OH)–C–C–N with tert-alkyl or cyclic N) is 1. The molecule has 1 saturated heterocycles. The van der Waals surface area contributed by atoms with Crippen LogP contribution in [0.3, 0.4) is 0 Å². The summed E-state index contributed by atoms with van der Waals surface area (Å²) in [6.45, 7) is 4.53. The number of aryl methyl sites for hydroxylation is 1. The molecular formula is C21H25N7O3S. The lowest BCUT2D eigenvalue weighted by atomic mass is 10.3. The van der Waals surface area contributed by atoms with Crippen LogP contribution in [0.4, 0.5) is 23.1 Å². The molecule has 1 aliphatic rings. The lowest BCUT2D eigenvalue weighted by molar-refractivity contribution is -0.114. The number of amides is 1. The number of anilines is 4. The van der Waals surface area contributed by atoms with Crippen molar-refractivity contribution in [3.8, 4) is 5.75 Å². The van der Waals surface area contributed by atoms with Crippen LogP contribution in [0.25, 0.3) is 0 Å². The van der Waals surface area contributed by atoms with Crippen molar-refractivity contribution in [3.63, 3.8) is 0 Å². The molecule has 3 aromatic rings. The number of carbonyl (C=O) groups excluding carboxylic acids is 1. The van der Waals surface area contributed by atoms with Crippen molar-refractivity contribution in [2.24, 2.45) is 0 Å². The van der Waals surface area contributed by atoms with Crippen LogP contribution in [0.15, 0.2) is 40.4 Å². The minimum atomic E-state index is -0.405. The monoisotopic (exact) mass is 455 g/mol. The van der Waals surface area contributed by atoms with Gasteiger partial charge in [0, 0.05) is 42.4 Å². The van der Waals surface area contributed by atoms with Crippen molar-refractivity contribution >= 4 is 40.8 Å². The van der Waals surface area contributed by atoms with E-state index in [0.29, 0.717) is 47.9 Å². The summed E-state index contributed by atoms with van der Waals surface area (Å²) in [5.74, 6) is 2.09. The molecule has 0 bridgehead atoms. The number of hydrogen-bond acceptors (Lipinski definition) is 9. The molecule has 1 unspecified atom stereocenters. The van der Waals surface area contributed by atoms with E-state index in [-0.39, 0.29) is 5.91 Å². The molecule has 32 heavy (non-hydrogen) atoms. The Balaban J connectivity index is 1.67. The van der Waals surface area contributed by atoms with Gasteiger partial charge in [0.2, 0.25) is 11.7 Å². The minimum Gasteiger partial charge on any atom is -0.490 e. The molecule has 0 radical (unpaired) electrons. The molecule has 1 aromatic carbocycles. The molecule has 10 nitrogen and oxygen atoms in total. The maximum Gasteiger partial charge on any atom is 0.221 e. The highest BCUT2D eigenvalue weighted by Gasteiger charge is 2.27. The van der Waals surface area contributed by atoms with Gasteiger partial charge in [-0.1, -0.05) is 0 Å². The summed E-state index contributed by atoms with van der Waals surface area (Å²) in [5.41, 5.74) is 1.64. The highest BCUT2D eigenvalue weighted by Crippen LogP contribution is 2.39. The van der Waals surface area contributed by atoms with Crippen LogP contribution < -0.4 is 20.3 Å². The predicted octanol–water partition coefficient (Wildman–Crippen LogP) is 2.94. The van der Waals surface area contributed by atoms with Crippen molar-refractivity contribution < 1.29 is 14.6 Å². The Kier molecular flexibility index (Phi) is 6.47. The van der Waals surface area contributed by atoms with E-state index in [1.54, 1.807) is 7.11 Å². The Morgan fingerprint density at radius 3 is 2.69 bits per heavy atom.